The SMILES string of the molecule is Cc1cc(Nc2nc(Cl)ncc2Cl)ccc1Br. The zero-order chi connectivity index (χ0) is 12.4. The summed E-state index contributed by atoms with van der Waals surface area (Å²) in [6.45, 7) is 2.00. The summed E-state index contributed by atoms with van der Waals surface area (Å²) in [5.74, 6) is 0.494. The van der Waals surface area contributed by atoms with Crippen molar-refractivity contribution in [1.29, 1.82) is 0 Å². The molecule has 2 aromatic rings. The topological polar surface area (TPSA) is 37.8 Å². The first kappa shape index (κ1) is 12.6. The van der Waals surface area contributed by atoms with Crippen molar-refractivity contribution in [3.8, 4) is 0 Å². The van der Waals surface area contributed by atoms with Gasteiger partial charge in [-0.15, -0.1) is 0 Å². The number of aromatic nitrogens is 2. The number of benzene rings is 1. The van der Waals surface area contributed by atoms with E-state index in [2.05, 4.69) is 31.2 Å². The van der Waals surface area contributed by atoms with Crippen LogP contribution in [0.1, 0.15) is 5.56 Å². The summed E-state index contributed by atoms with van der Waals surface area (Å²) in [6, 6.07) is 5.86. The standard InChI is InChI=1S/C11H8BrCl2N3/c1-6-4-7(2-3-8(6)12)16-10-9(13)5-15-11(14)17-10/h2-5H,1H3,(H,15,16,17). The van der Waals surface area contributed by atoms with E-state index in [1.54, 1.807) is 0 Å². The molecule has 0 unspecified atom stereocenters. The molecular formula is C11H8BrCl2N3. The molecule has 0 aliphatic rings. The number of aryl methyl sites for hydroxylation is 1. The quantitative estimate of drug-likeness (QED) is 0.817. The first-order chi connectivity index (χ1) is 8.06. The lowest BCUT2D eigenvalue weighted by Gasteiger charge is -2.08. The first-order valence-electron chi connectivity index (χ1n) is 4.77. The Morgan fingerprint density at radius 1 is 1.29 bits per heavy atom. The van der Waals surface area contributed by atoms with Gasteiger partial charge in [-0.2, -0.15) is 4.98 Å². The molecule has 1 aromatic carbocycles. The van der Waals surface area contributed by atoms with Crippen LogP contribution in [0.5, 0.6) is 0 Å². The van der Waals surface area contributed by atoms with Gasteiger partial charge in [-0.3, -0.25) is 0 Å². The van der Waals surface area contributed by atoms with Gasteiger partial charge in [0, 0.05) is 10.2 Å². The highest BCUT2D eigenvalue weighted by Gasteiger charge is 2.05. The summed E-state index contributed by atoms with van der Waals surface area (Å²) < 4.78 is 1.05. The molecule has 0 saturated heterocycles. The van der Waals surface area contributed by atoms with Crippen LogP contribution in [-0.2, 0) is 0 Å². The monoisotopic (exact) mass is 331 g/mol. The van der Waals surface area contributed by atoms with Gasteiger partial charge in [0.15, 0.2) is 5.82 Å². The van der Waals surface area contributed by atoms with Gasteiger partial charge in [-0.05, 0) is 42.3 Å². The Bertz CT molecular complexity index is 560. The number of nitrogens with zero attached hydrogens (tertiary/aromatic N) is 2. The summed E-state index contributed by atoms with van der Waals surface area (Å²) in [7, 11) is 0. The maximum Gasteiger partial charge on any atom is 0.224 e. The van der Waals surface area contributed by atoms with Gasteiger partial charge in [0.25, 0.3) is 0 Å². The predicted octanol–water partition coefficient (Wildman–Crippen LogP) is 4.60. The molecule has 0 amide bonds. The largest absolute Gasteiger partial charge is 0.339 e. The molecule has 0 aliphatic carbocycles. The highest BCUT2D eigenvalue weighted by atomic mass is 79.9. The lowest BCUT2D eigenvalue weighted by molar-refractivity contribution is 1.17. The molecule has 0 atom stereocenters. The minimum atomic E-state index is 0.158. The van der Waals surface area contributed by atoms with Gasteiger partial charge < -0.3 is 5.32 Å². The Morgan fingerprint density at radius 3 is 2.76 bits per heavy atom. The Hall–Kier alpha value is -0.840. The average molecular weight is 333 g/mol. The van der Waals surface area contributed by atoms with Crippen LogP contribution in [0.25, 0.3) is 0 Å². The summed E-state index contributed by atoms with van der Waals surface area (Å²) >= 11 is 15.1. The fraction of sp³-hybridized carbons (Fsp3) is 0.0909. The molecule has 6 heteroatoms. The van der Waals surface area contributed by atoms with Crippen LogP contribution < -0.4 is 5.32 Å². The Kier molecular flexibility index (Phi) is 3.86. The molecule has 0 bridgehead atoms. The van der Waals surface area contributed by atoms with Gasteiger partial charge in [-0.25, -0.2) is 4.98 Å². The minimum absolute atomic E-state index is 0.158. The van der Waals surface area contributed by atoms with Crippen molar-refractivity contribution < 1.29 is 0 Å². The molecule has 1 aromatic heterocycles. The van der Waals surface area contributed by atoms with E-state index < -0.39 is 0 Å². The van der Waals surface area contributed by atoms with E-state index in [-0.39, 0.29) is 5.28 Å². The Balaban J connectivity index is 2.31. The van der Waals surface area contributed by atoms with E-state index in [0.29, 0.717) is 10.8 Å². The van der Waals surface area contributed by atoms with Crippen LogP contribution in [0, 0.1) is 6.92 Å². The minimum Gasteiger partial charge on any atom is -0.339 e. The molecule has 0 spiro atoms. The zero-order valence-electron chi connectivity index (χ0n) is 8.84. The normalized spacial score (nSPS) is 10.4. The number of nitrogens with one attached hydrogen (secondary N) is 1. The number of anilines is 2. The molecular weight excluding hydrogens is 325 g/mol. The second-order valence-corrected chi connectivity index (χ2v) is 5.02. The molecule has 88 valence electrons. The average Bonchev–Trinajstić information content (AvgIpc) is 2.29. The van der Waals surface area contributed by atoms with Crippen molar-refractivity contribution in [3.63, 3.8) is 0 Å². The second kappa shape index (κ2) is 5.21. The Labute approximate surface area is 117 Å². The maximum atomic E-state index is 5.96. The second-order valence-electron chi connectivity index (χ2n) is 3.42. The third kappa shape index (κ3) is 3.09. The van der Waals surface area contributed by atoms with Gasteiger partial charge in [0.05, 0.1) is 6.20 Å². The van der Waals surface area contributed by atoms with Gasteiger partial charge >= 0.3 is 0 Å². The van der Waals surface area contributed by atoms with E-state index in [1.165, 1.54) is 6.20 Å². The lowest BCUT2D eigenvalue weighted by Crippen LogP contribution is -1.96. The summed E-state index contributed by atoms with van der Waals surface area (Å²) in [5.41, 5.74) is 2.01. The third-order valence-electron chi connectivity index (χ3n) is 2.14. The number of hydrogen-bond acceptors (Lipinski definition) is 3. The fourth-order valence-corrected chi connectivity index (χ4v) is 1.81. The van der Waals surface area contributed by atoms with Crippen LogP contribution in [0.15, 0.2) is 28.9 Å². The van der Waals surface area contributed by atoms with E-state index in [0.717, 1.165) is 15.7 Å². The van der Waals surface area contributed by atoms with Crippen LogP contribution in [0.4, 0.5) is 11.5 Å². The van der Waals surface area contributed by atoms with Crippen molar-refractivity contribution >= 4 is 50.6 Å². The molecule has 0 saturated carbocycles. The van der Waals surface area contributed by atoms with Crippen LogP contribution in [0.2, 0.25) is 10.3 Å². The smallest absolute Gasteiger partial charge is 0.224 e. The van der Waals surface area contributed by atoms with Crippen molar-refractivity contribution in [2.24, 2.45) is 0 Å². The number of rotatable bonds is 2. The third-order valence-corrected chi connectivity index (χ3v) is 3.48. The van der Waals surface area contributed by atoms with Gasteiger partial charge in [0.2, 0.25) is 5.28 Å². The van der Waals surface area contributed by atoms with Crippen molar-refractivity contribution in [2.75, 3.05) is 5.32 Å². The highest BCUT2D eigenvalue weighted by Crippen LogP contribution is 2.26. The molecule has 17 heavy (non-hydrogen) atoms. The first-order valence-corrected chi connectivity index (χ1v) is 6.32. The number of halogens is 3. The van der Waals surface area contributed by atoms with Crippen LogP contribution in [0.3, 0.4) is 0 Å². The zero-order valence-corrected chi connectivity index (χ0v) is 11.9. The van der Waals surface area contributed by atoms with E-state index in [9.17, 15) is 0 Å². The molecule has 0 fully saturated rings. The van der Waals surface area contributed by atoms with Crippen LogP contribution >= 0.6 is 39.1 Å². The molecule has 0 radical (unpaired) electrons. The van der Waals surface area contributed by atoms with Gasteiger partial charge in [-0.1, -0.05) is 27.5 Å². The molecule has 3 nitrogen and oxygen atoms in total. The maximum absolute atomic E-state index is 5.96. The summed E-state index contributed by atoms with van der Waals surface area (Å²) in [5, 5.41) is 3.68. The molecule has 1 heterocycles. The van der Waals surface area contributed by atoms with Crippen molar-refractivity contribution in [2.45, 2.75) is 6.92 Å². The van der Waals surface area contributed by atoms with Crippen LogP contribution in [-0.4, -0.2) is 9.97 Å². The number of hydrogen-bond donors (Lipinski definition) is 1. The molecule has 1 N–H and O–H groups in total. The highest BCUT2D eigenvalue weighted by molar-refractivity contribution is 9.10. The van der Waals surface area contributed by atoms with E-state index in [1.807, 2.05) is 25.1 Å². The molecule has 2 rings (SSSR count). The van der Waals surface area contributed by atoms with E-state index in [4.69, 9.17) is 23.2 Å². The lowest BCUT2D eigenvalue weighted by atomic mass is 10.2. The summed E-state index contributed by atoms with van der Waals surface area (Å²) in [6.07, 6.45) is 1.46. The van der Waals surface area contributed by atoms with Crippen molar-refractivity contribution in [3.05, 3.63) is 44.7 Å². The van der Waals surface area contributed by atoms with Crippen molar-refractivity contribution in [1.82, 2.24) is 9.97 Å². The van der Waals surface area contributed by atoms with Gasteiger partial charge in [0.1, 0.15) is 5.02 Å². The summed E-state index contributed by atoms with van der Waals surface area (Å²) in [4.78, 5) is 7.81. The van der Waals surface area contributed by atoms with E-state index >= 15 is 0 Å². The Morgan fingerprint density at radius 2 is 2.06 bits per heavy atom. The molecule has 0 aliphatic heterocycles. The predicted molar refractivity (Wildman–Crippen MR) is 74.2 cm³/mol. The fourth-order valence-electron chi connectivity index (χ4n) is 1.29.